The first kappa shape index (κ1) is 15.6. The van der Waals surface area contributed by atoms with Crippen molar-refractivity contribution >= 4 is 44.6 Å². The van der Waals surface area contributed by atoms with E-state index in [1.165, 1.54) is 4.88 Å². The smallest absolute Gasteiger partial charge is 0.121 e. The lowest BCUT2D eigenvalue weighted by Crippen LogP contribution is -2.04. The predicted molar refractivity (Wildman–Crippen MR) is 88.2 cm³/mol. The van der Waals surface area contributed by atoms with Crippen molar-refractivity contribution in [3.63, 3.8) is 0 Å². The lowest BCUT2D eigenvalue weighted by molar-refractivity contribution is 0.146. The molecule has 0 aliphatic carbocycles. The Morgan fingerprint density at radius 2 is 2.15 bits per heavy atom. The monoisotopic (exact) mass is 375 g/mol. The molecule has 0 bridgehead atoms. The standard InChI is InChI=1S/C14H15BrClNO2S/c1-18-5-6-19-11-4-2-3-10(7-11)17-9-12-8-13(15)14(16)20-12/h2-4,7-8,17H,5-6,9H2,1H3. The van der Waals surface area contributed by atoms with Crippen molar-refractivity contribution in [1.29, 1.82) is 0 Å². The van der Waals surface area contributed by atoms with Gasteiger partial charge in [-0.2, -0.15) is 0 Å². The fourth-order valence-corrected chi connectivity index (χ4v) is 3.34. The van der Waals surface area contributed by atoms with Crippen LogP contribution in [0, 0.1) is 0 Å². The highest BCUT2D eigenvalue weighted by Gasteiger charge is 2.04. The van der Waals surface area contributed by atoms with Crippen molar-refractivity contribution < 1.29 is 9.47 Å². The van der Waals surface area contributed by atoms with Gasteiger partial charge in [0, 0.05) is 34.8 Å². The first-order valence-electron chi connectivity index (χ1n) is 6.08. The molecule has 0 spiro atoms. The van der Waals surface area contributed by atoms with Crippen LogP contribution in [0.25, 0.3) is 0 Å². The van der Waals surface area contributed by atoms with E-state index in [1.807, 2.05) is 30.3 Å². The molecule has 0 atom stereocenters. The van der Waals surface area contributed by atoms with Crippen molar-refractivity contribution in [2.24, 2.45) is 0 Å². The second kappa shape index (κ2) is 7.88. The highest BCUT2D eigenvalue weighted by molar-refractivity contribution is 9.10. The molecule has 0 unspecified atom stereocenters. The highest BCUT2D eigenvalue weighted by atomic mass is 79.9. The molecule has 2 rings (SSSR count). The van der Waals surface area contributed by atoms with Gasteiger partial charge in [0.1, 0.15) is 16.7 Å². The lowest BCUT2D eigenvalue weighted by atomic mass is 10.3. The molecule has 6 heteroatoms. The molecule has 0 fully saturated rings. The molecule has 3 nitrogen and oxygen atoms in total. The summed E-state index contributed by atoms with van der Waals surface area (Å²) in [5.41, 5.74) is 1.01. The van der Waals surface area contributed by atoms with Crippen molar-refractivity contribution in [3.05, 3.63) is 44.0 Å². The Bertz CT molecular complexity index is 542. The molecule has 2 aromatic rings. The van der Waals surface area contributed by atoms with E-state index in [2.05, 4.69) is 21.2 Å². The number of thiophene rings is 1. The van der Waals surface area contributed by atoms with E-state index in [4.69, 9.17) is 21.1 Å². The number of rotatable bonds is 7. The van der Waals surface area contributed by atoms with E-state index in [0.717, 1.165) is 26.8 Å². The van der Waals surface area contributed by atoms with Gasteiger partial charge in [-0.25, -0.2) is 0 Å². The molecule has 108 valence electrons. The quantitative estimate of drug-likeness (QED) is 0.704. The first-order valence-corrected chi connectivity index (χ1v) is 8.07. The van der Waals surface area contributed by atoms with Crippen LogP contribution in [0.3, 0.4) is 0 Å². The molecule has 1 aromatic carbocycles. The second-order valence-corrected chi connectivity index (χ2v) is 6.65. The van der Waals surface area contributed by atoms with Crippen LogP contribution in [0.4, 0.5) is 5.69 Å². The van der Waals surface area contributed by atoms with Crippen LogP contribution in [0.1, 0.15) is 4.88 Å². The van der Waals surface area contributed by atoms with Gasteiger partial charge in [-0.3, -0.25) is 0 Å². The second-order valence-electron chi connectivity index (χ2n) is 4.06. The molecule has 0 amide bonds. The first-order chi connectivity index (χ1) is 9.69. The van der Waals surface area contributed by atoms with Crippen molar-refractivity contribution in [2.75, 3.05) is 25.6 Å². The van der Waals surface area contributed by atoms with Crippen molar-refractivity contribution in [1.82, 2.24) is 0 Å². The highest BCUT2D eigenvalue weighted by Crippen LogP contribution is 2.32. The third kappa shape index (κ3) is 4.66. The summed E-state index contributed by atoms with van der Waals surface area (Å²) in [4.78, 5) is 1.17. The number of anilines is 1. The number of nitrogens with one attached hydrogen (secondary N) is 1. The van der Waals surface area contributed by atoms with Crippen LogP contribution in [0.5, 0.6) is 5.75 Å². The van der Waals surface area contributed by atoms with Gasteiger partial charge in [-0.15, -0.1) is 11.3 Å². The van der Waals surface area contributed by atoms with E-state index in [0.29, 0.717) is 13.2 Å². The van der Waals surface area contributed by atoms with E-state index in [-0.39, 0.29) is 0 Å². The molecule has 1 N–H and O–H groups in total. The molecule has 0 saturated carbocycles. The van der Waals surface area contributed by atoms with Crippen LogP contribution >= 0.6 is 38.9 Å². The minimum absolute atomic E-state index is 0.549. The topological polar surface area (TPSA) is 30.5 Å². The number of halogens is 2. The van der Waals surface area contributed by atoms with Gasteiger partial charge in [0.25, 0.3) is 0 Å². The number of ether oxygens (including phenoxy) is 2. The molecule has 0 aliphatic rings. The summed E-state index contributed by atoms with van der Waals surface area (Å²) in [6.45, 7) is 1.87. The largest absolute Gasteiger partial charge is 0.491 e. The van der Waals surface area contributed by atoms with Gasteiger partial charge in [0.2, 0.25) is 0 Å². The zero-order valence-corrected chi connectivity index (χ0v) is 14.1. The number of hydrogen-bond donors (Lipinski definition) is 1. The van der Waals surface area contributed by atoms with Gasteiger partial charge in [-0.1, -0.05) is 17.7 Å². The molecule has 1 aromatic heterocycles. The summed E-state index contributed by atoms with van der Waals surface area (Å²) in [6.07, 6.45) is 0. The average Bonchev–Trinajstić information content (AvgIpc) is 2.76. The van der Waals surface area contributed by atoms with Crippen LogP contribution < -0.4 is 10.1 Å². The fourth-order valence-electron chi connectivity index (χ4n) is 1.61. The van der Waals surface area contributed by atoms with Crippen LogP contribution in [0.15, 0.2) is 34.8 Å². The molecule has 0 radical (unpaired) electrons. The van der Waals surface area contributed by atoms with Crippen LogP contribution in [0.2, 0.25) is 4.34 Å². The van der Waals surface area contributed by atoms with Gasteiger partial charge in [-0.05, 0) is 34.1 Å². The Morgan fingerprint density at radius 1 is 1.30 bits per heavy atom. The summed E-state index contributed by atoms with van der Waals surface area (Å²) < 4.78 is 12.2. The summed E-state index contributed by atoms with van der Waals surface area (Å²) in [5, 5.41) is 3.35. The third-order valence-corrected chi connectivity index (χ3v) is 5.03. The zero-order valence-electron chi connectivity index (χ0n) is 11.0. The minimum Gasteiger partial charge on any atom is -0.491 e. The van der Waals surface area contributed by atoms with Gasteiger partial charge in [0.05, 0.1) is 6.61 Å². The molecule has 0 saturated heterocycles. The van der Waals surface area contributed by atoms with Gasteiger partial charge >= 0.3 is 0 Å². The molecule has 0 aliphatic heterocycles. The van der Waals surface area contributed by atoms with Crippen LogP contribution in [-0.4, -0.2) is 20.3 Å². The number of hydrogen-bond acceptors (Lipinski definition) is 4. The van der Waals surface area contributed by atoms with Gasteiger partial charge < -0.3 is 14.8 Å². The Kier molecular flexibility index (Phi) is 6.16. The van der Waals surface area contributed by atoms with Gasteiger partial charge in [0.15, 0.2) is 0 Å². The lowest BCUT2D eigenvalue weighted by Gasteiger charge is -2.09. The van der Waals surface area contributed by atoms with E-state index in [9.17, 15) is 0 Å². The van der Waals surface area contributed by atoms with Crippen molar-refractivity contribution in [3.8, 4) is 5.75 Å². The Hall–Kier alpha value is -0.750. The molecule has 20 heavy (non-hydrogen) atoms. The van der Waals surface area contributed by atoms with E-state index >= 15 is 0 Å². The molecular formula is C14H15BrClNO2S. The summed E-state index contributed by atoms with van der Waals surface area (Å²) in [6, 6.07) is 9.90. The maximum atomic E-state index is 6.02. The Labute approximate surface area is 136 Å². The molecular weight excluding hydrogens is 362 g/mol. The van der Waals surface area contributed by atoms with E-state index in [1.54, 1.807) is 18.4 Å². The Morgan fingerprint density at radius 3 is 2.85 bits per heavy atom. The van der Waals surface area contributed by atoms with Crippen LogP contribution in [-0.2, 0) is 11.3 Å². The normalized spacial score (nSPS) is 10.6. The maximum Gasteiger partial charge on any atom is 0.121 e. The fraction of sp³-hybridized carbons (Fsp3) is 0.286. The number of benzene rings is 1. The van der Waals surface area contributed by atoms with E-state index < -0.39 is 0 Å². The summed E-state index contributed by atoms with van der Waals surface area (Å²) in [5.74, 6) is 0.831. The third-order valence-electron chi connectivity index (χ3n) is 2.55. The Balaban J connectivity index is 1.90. The number of methoxy groups -OCH3 is 1. The summed E-state index contributed by atoms with van der Waals surface area (Å²) in [7, 11) is 1.66. The average molecular weight is 377 g/mol. The predicted octanol–water partition coefficient (Wildman–Crippen LogP) is 4.80. The SMILES string of the molecule is COCCOc1cccc(NCc2cc(Br)c(Cl)s2)c1. The maximum absolute atomic E-state index is 6.02. The zero-order chi connectivity index (χ0) is 14.4. The molecule has 1 heterocycles. The van der Waals surface area contributed by atoms with Crippen molar-refractivity contribution in [2.45, 2.75) is 6.54 Å². The summed E-state index contributed by atoms with van der Waals surface area (Å²) >= 11 is 11.0. The minimum atomic E-state index is 0.549.